The lowest BCUT2D eigenvalue weighted by atomic mass is 10.3. The van der Waals surface area contributed by atoms with Gasteiger partial charge in [-0.15, -0.1) is 11.3 Å². The van der Waals surface area contributed by atoms with Gasteiger partial charge in [-0.3, -0.25) is 4.98 Å². The van der Waals surface area contributed by atoms with Crippen LogP contribution >= 0.6 is 22.9 Å². The summed E-state index contributed by atoms with van der Waals surface area (Å²) in [5, 5.41) is 1.42. The minimum atomic E-state index is -3.54. The monoisotopic (exact) mass is 393 g/mol. The summed E-state index contributed by atoms with van der Waals surface area (Å²) in [5.74, 6) is 0. The van der Waals surface area contributed by atoms with Crippen LogP contribution in [-0.4, -0.2) is 24.9 Å². The highest BCUT2D eigenvalue weighted by Crippen LogP contribution is 2.27. The number of hydrogen-bond acceptors (Lipinski definition) is 5. The lowest BCUT2D eigenvalue weighted by Crippen LogP contribution is -2.25. The van der Waals surface area contributed by atoms with Gasteiger partial charge < -0.3 is 0 Å². The third kappa shape index (κ3) is 4.43. The molecule has 25 heavy (non-hydrogen) atoms. The van der Waals surface area contributed by atoms with E-state index < -0.39 is 10.0 Å². The van der Waals surface area contributed by atoms with Crippen molar-refractivity contribution in [2.24, 2.45) is 0 Å². The number of sulfonamides is 1. The van der Waals surface area contributed by atoms with Crippen LogP contribution in [0.1, 0.15) is 10.6 Å². The van der Waals surface area contributed by atoms with Crippen LogP contribution in [0.3, 0.4) is 0 Å². The fraction of sp³-hybridized carbons (Fsp3) is 0.176. The third-order valence-corrected chi connectivity index (χ3v) is 6.58. The first-order chi connectivity index (χ1) is 12.0. The minimum absolute atomic E-state index is 0.204. The van der Waals surface area contributed by atoms with Gasteiger partial charge in [-0.25, -0.2) is 18.1 Å². The van der Waals surface area contributed by atoms with E-state index in [2.05, 4.69) is 14.7 Å². The number of benzene rings is 1. The molecule has 1 N–H and O–H groups in total. The van der Waals surface area contributed by atoms with E-state index >= 15 is 0 Å². The highest BCUT2D eigenvalue weighted by atomic mass is 35.5. The lowest BCUT2D eigenvalue weighted by Gasteiger charge is -2.06. The molecule has 2 aromatic heterocycles. The highest BCUT2D eigenvalue weighted by molar-refractivity contribution is 7.89. The van der Waals surface area contributed by atoms with Crippen molar-refractivity contribution in [3.8, 4) is 10.6 Å². The standard InChI is InChI=1S/C17H16ClN3O2S2/c1-12-16(24-17(21-12)13-6-9-19-10-7-13)8-11-20-25(22,23)15-4-2-14(18)3-5-15/h2-7,9-10,20H,8,11H2,1H3. The Morgan fingerprint density at radius 3 is 2.48 bits per heavy atom. The van der Waals surface area contributed by atoms with Crippen LogP contribution in [0.2, 0.25) is 5.02 Å². The Morgan fingerprint density at radius 2 is 1.80 bits per heavy atom. The number of aromatic nitrogens is 2. The zero-order valence-electron chi connectivity index (χ0n) is 13.4. The van der Waals surface area contributed by atoms with Crippen LogP contribution in [0.4, 0.5) is 0 Å². The maximum Gasteiger partial charge on any atom is 0.240 e. The number of pyridine rings is 1. The Morgan fingerprint density at radius 1 is 1.12 bits per heavy atom. The number of rotatable bonds is 6. The molecular weight excluding hydrogens is 378 g/mol. The Labute approximate surface area is 155 Å². The van der Waals surface area contributed by atoms with Crippen LogP contribution in [0.15, 0.2) is 53.7 Å². The minimum Gasteiger partial charge on any atom is -0.265 e. The quantitative estimate of drug-likeness (QED) is 0.693. The van der Waals surface area contributed by atoms with Gasteiger partial charge in [-0.2, -0.15) is 0 Å². The van der Waals surface area contributed by atoms with E-state index in [1.807, 2.05) is 19.1 Å². The molecule has 1 aromatic carbocycles. The van der Waals surface area contributed by atoms with Gasteiger partial charge >= 0.3 is 0 Å². The molecule has 0 aliphatic rings. The van der Waals surface area contributed by atoms with Crippen LogP contribution in [-0.2, 0) is 16.4 Å². The molecule has 0 unspecified atom stereocenters. The van der Waals surface area contributed by atoms with Gasteiger partial charge in [0.25, 0.3) is 0 Å². The van der Waals surface area contributed by atoms with Gasteiger partial charge in [0.1, 0.15) is 5.01 Å². The molecule has 0 spiro atoms. The molecule has 0 aliphatic carbocycles. The normalized spacial score (nSPS) is 11.6. The first-order valence-electron chi connectivity index (χ1n) is 7.57. The molecule has 0 fully saturated rings. The largest absolute Gasteiger partial charge is 0.265 e. The van der Waals surface area contributed by atoms with Gasteiger partial charge in [0, 0.05) is 34.4 Å². The zero-order valence-corrected chi connectivity index (χ0v) is 15.8. The SMILES string of the molecule is Cc1nc(-c2ccncc2)sc1CCNS(=O)(=O)c1ccc(Cl)cc1. The fourth-order valence-electron chi connectivity index (χ4n) is 2.27. The smallest absolute Gasteiger partial charge is 0.240 e. The van der Waals surface area contributed by atoms with E-state index in [9.17, 15) is 8.42 Å². The van der Waals surface area contributed by atoms with E-state index in [4.69, 9.17) is 11.6 Å². The Kier molecular flexibility index (Phi) is 5.48. The topological polar surface area (TPSA) is 72.0 Å². The van der Waals surface area contributed by atoms with Gasteiger partial charge in [-0.1, -0.05) is 11.6 Å². The number of thiazole rings is 1. The third-order valence-electron chi connectivity index (χ3n) is 3.59. The lowest BCUT2D eigenvalue weighted by molar-refractivity contribution is 0.582. The maximum absolute atomic E-state index is 12.3. The summed E-state index contributed by atoms with van der Waals surface area (Å²) in [5.41, 5.74) is 1.93. The Hall–Kier alpha value is -1.80. The molecule has 130 valence electrons. The molecule has 0 atom stereocenters. The van der Waals surface area contributed by atoms with Crippen LogP contribution in [0.5, 0.6) is 0 Å². The van der Waals surface area contributed by atoms with Crippen LogP contribution in [0, 0.1) is 6.92 Å². The summed E-state index contributed by atoms with van der Waals surface area (Å²) >= 11 is 7.36. The summed E-state index contributed by atoms with van der Waals surface area (Å²) in [7, 11) is -3.54. The number of aryl methyl sites for hydroxylation is 1. The van der Waals surface area contributed by atoms with Crippen molar-refractivity contribution in [1.29, 1.82) is 0 Å². The molecule has 0 saturated carbocycles. The maximum atomic E-state index is 12.3. The van der Waals surface area contributed by atoms with Crippen molar-refractivity contribution in [3.05, 3.63) is 64.4 Å². The number of halogens is 1. The van der Waals surface area contributed by atoms with Crippen LogP contribution < -0.4 is 4.72 Å². The van der Waals surface area contributed by atoms with E-state index in [1.54, 1.807) is 35.9 Å². The van der Waals surface area contributed by atoms with Crippen molar-refractivity contribution >= 4 is 33.0 Å². The second kappa shape index (κ2) is 7.61. The summed E-state index contributed by atoms with van der Waals surface area (Å²) in [6, 6.07) is 9.92. The van der Waals surface area contributed by atoms with E-state index in [0.29, 0.717) is 18.0 Å². The molecule has 3 rings (SSSR count). The molecule has 3 aromatic rings. The molecule has 0 radical (unpaired) electrons. The number of nitrogens with one attached hydrogen (secondary N) is 1. The van der Waals surface area contributed by atoms with E-state index in [0.717, 1.165) is 21.1 Å². The number of nitrogens with zero attached hydrogens (tertiary/aromatic N) is 2. The predicted molar refractivity (Wildman–Crippen MR) is 100 cm³/mol. The van der Waals surface area contributed by atoms with Crippen LogP contribution in [0.25, 0.3) is 10.6 Å². The fourth-order valence-corrected chi connectivity index (χ4v) is 4.50. The molecule has 2 heterocycles. The molecule has 0 amide bonds. The summed E-state index contributed by atoms with van der Waals surface area (Å²) < 4.78 is 27.2. The van der Waals surface area contributed by atoms with Crippen molar-refractivity contribution in [2.45, 2.75) is 18.2 Å². The molecule has 0 aliphatic heterocycles. The second-order valence-corrected chi connectivity index (χ2v) is 8.65. The second-order valence-electron chi connectivity index (χ2n) is 5.37. The average molecular weight is 394 g/mol. The van der Waals surface area contributed by atoms with E-state index in [-0.39, 0.29) is 4.90 Å². The van der Waals surface area contributed by atoms with Gasteiger partial charge in [-0.05, 0) is 49.7 Å². The van der Waals surface area contributed by atoms with Crippen molar-refractivity contribution in [1.82, 2.24) is 14.7 Å². The zero-order chi connectivity index (χ0) is 17.9. The summed E-state index contributed by atoms with van der Waals surface area (Å²) in [4.78, 5) is 9.83. The molecule has 8 heteroatoms. The van der Waals surface area contributed by atoms with Gasteiger partial charge in [0.05, 0.1) is 10.6 Å². The van der Waals surface area contributed by atoms with Gasteiger partial charge in [0.2, 0.25) is 10.0 Å². The highest BCUT2D eigenvalue weighted by Gasteiger charge is 2.14. The summed E-state index contributed by atoms with van der Waals surface area (Å²) in [6.07, 6.45) is 4.04. The first kappa shape index (κ1) is 18.0. The van der Waals surface area contributed by atoms with Crippen molar-refractivity contribution in [2.75, 3.05) is 6.54 Å². The number of hydrogen-bond donors (Lipinski definition) is 1. The van der Waals surface area contributed by atoms with Gasteiger partial charge in [0.15, 0.2) is 0 Å². The van der Waals surface area contributed by atoms with Crippen molar-refractivity contribution < 1.29 is 8.42 Å². The molecule has 0 bridgehead atoms. The van der Waals surface area contributed by atoms with Crippen molar-refractivity contribution in [3.63, 3.8) is 0 Å². The molecule has 0 saturated heterocycles. The van der Waals surface area contributed by atoms with E-state index in [1.165, 1.54) is 12.1 Å². The average Bonchev–Trinajstić information content (AvgIpc) is 2.97. The molecule has 5 nitrogen and oxygen atoms in total. The summed E-state index contributed by atoms with van der Waals surface area (Å²) in [6.45, 7) is 2.24. The Balaban J connectivity index is 1.66. The Bertz CT molecular complexity index is 955. The molecular formula is C17H16ClN3O2S2. The predicted octanol–water partition coefficient (Wildman–Crippen LogP) is 3.69. The first-order valence-corrected chi connectivity index (χ1v) is 10.3.